The van der Waals surface area contributed by atoms with Gasteiger partial charge in [0, 0.05) is 53.9 Å². The van der Waals surface area contributed by atoms with Crippen molar-refractivity contribution in [1.29, 1.82) is 0 Å². The molecule has 0 radical (unpaired) electrons. The number of rotatable bonds is 10. The van der Waals surface area contributed by atoms with Crippen LogP contribution in [-0.4, -0.2) is 98.5 Å². The molecular weight excluding hydrogens is 595 g/mol. The van der Waals surface area contributed by atoms with Crippen LogP contribution in [0.5, 0.6) is 11.8 Å². The Balaban J connectivity index is 0.00000300. The molecule has 4 atom stereocenters. The number of nitrogens with zero attached hydrogens (tertiary/aromatic N) is 3. The normalized spacial score (nSPS) is 24.7. The van der Waals surface area contributed by atoms with Crippen molar-refractivity contribution >= 4 is 11.7 Å². The van der Waals surface area contributed by atoms with Gasteiger partial charge in [0.25, 0.3) is 5.91 Å². The van der Waals surface area contributed by atoms with Crippen LogP contribution >= 0.6 is 0 Å². The average Bonchev–Trinajstić information content (AvgIpc) is 3.04. The summed E-state index contributed by atoms with van der Waals surface area (Å²) < 4.78 is 64.3. The summed E-state index contributed by atoms with van der Waals surface area (Å²) in [5.41, 5.74) is 1.70. The molecule has 45 heavy (non-hydrogen) atoms. The predicted octanol–water partition coefficient (Wildman–Crippen LogP) is 4.90. The molecule has 0 saturated carbocycles. The maximum atomic E-state index is 13.6. The van der Waals surface area contributed by atoms with Crippen LogP contribution in [-0.2, 0) is 14.2 Å². The van der Waals surface area contributed by atoms with Crippen molar-refractivity contribution in [2.75, 3.05) is 52.4 Å². The molecule has 0 spiro atoms. The number of halogens is 3. The fourth-order valence-corrected chi connectivity index (χ4v) is 6.19. The lowest BCUT2D eigenvalue weighted by Crippen LogP contribution is -2.54. The first-order chi connectivity index (χ1) is 21.6. The summed E-state index contributed by atoms with van der Waals surface area (Å²) in [7, 11) is 3.17. The first kappa shape index (κ1) is 33.2. The van der Waals surface area contributed by atoms with E-state index in [9.17, 15) is 18.0 Å². The number of hydrogen-bond donors (Lipinski definition) is 2. The third-order valence-corrected chi connectivity index (χ3v) is 8.68. The highest BCUT2D eigenvalue weighted by Crippen LogP contribution is 2.33. The van der Waals surface area contributed by atoms with Crippen molar-refractivity contribution in [2.45, 2.75) is 82.2 Å². The summed E-state index contributed by atoms with van der Waals surface area (Å²) in [6.07, 6.45) is -0.154. The van der Waals surface area contributed by atoms with Gasteiger partial charge in [-0.15, -0.1) is 13.2 Å². The number of nitrogens with one attached hydrogen (secondary N) is 2. The third-order valence-electron chi connectivity index (χ3n) is 8.68. The summed E-state index contributed by atoms with van der Waals surface area (Å²) in [6.45, 7) is 4.74. The Labute approximate surface area is 264 Å². The molecule has 2 N–H and O–H groups in total. The minimum absolute atomic E-state index is 0. The van der Waals surface area contributed by atoms with Crippen molar-refractivity contribution in [3.8, 4) is 11.8 Å². The van der Waals surface area contributed by atoms with Gasteiger partial charge < -0.3 is 39.2 Å². The quantitative estimate of drug-likeness (QED) is 0.371. The van der Waals surface area contributed by atoms with Crippen LogP contribution in [0.4, 0.5) is 19.0 Å². The zero-order valence-corrected chi connectivity index (χ0v) is 25.9. The van der Waals surface area contributed by atoms with Gasteiger partial charge in [-0.25, -0.2) is 0 Å². The number of benzene rings is 1. The molecule has 4 heterocycles. The van der Waals surface area contributed by atoms with E-state index in [4.69, 9.17) is 18.9 Å². The molecule has 14 heteroatoms. The topological polar surface area (TPSA) is 116 Å². The van der Waals surface area contributed by atoms with E-state index in [-0.39, 0.29) is 44.9 Å². The van der Waals surface area contributed by atoms with Crippen LogP contribution in [0.3, 0.4) is 0 Å². The molecule has 3 aliphatic heterocycles. The number of anilines is 1. The maximum absolute atomic E-state index is 13.6. The first-order valence-corrected chi connectivity index (χ1v) is 15.5. The van der Waals surface area contributed by atoms with Gasteiger partial charge in [0.05, 0.1) is 32.0 Å². The molecule has 0 bridgehead atoms. The molecule has 252 valence electrons. The van der Waals surface area contributed by atoms with Crippen LogP contribution < -0.4 is 20.1 Å². The van der Waals surface area contributed by atoms with E-state index in [0.29, 0.717) is 56.0 Å². The maximum Gasteiger partial charge on any atom is 0.573 e. The highest BCUT2D eigenvalue weighted by Gasteiger charge is 2.33. The number of carbonyl (C=O) groups is 1. The van der Waals surface area contributed by atoms with Crippen LogP contribution in [0.25, 0.3) is 0 Å². The minimum Gasteiger partial charge on any atom is -0.467 e. The van der Waals surface area contributed by atoms with E-state index in [1.165, 1.54) is 19.2 Å². The summed E-state index contributed by atoms with van der Waals surface area (Å²) in [4.78, 5) is 24.3. The number of hydrogen-bond acceptors (Lipinski definition) is 10. The Morgan fingerprint density at radius 1 is 1.09 bits per heavy atom. The van der Waals surface area contributed by atoms with Crippen molar-refractivity contribution in [1.82, 2.24) is 20.2 Å². The number of alkyl halides is 3. The Morgan fingerprint density at radius 3 is 2.53 bits per heavy atom. The number of likely N-dealkylation sites (tertiary alicyclic amines) is 1. The molecule has 5 rings (SSSR count). The standard InChI is InChI=1S/C31H42F3N5O6.2H2/c1-19-27(29(40)39-14-11-21(12-15-39)36-24-13-16-43-18-26(24)41-2)37-30(42-3)38-28(19)35-17-23-5-4-6-25(44-23)20-7-9-22(10-8-20)45-31(32,33)34;;/h7-10,21,23-26,36H,4-6,11-18H2,1-3H3,(H,35,37,38);2*1H/t23-,24-,25+,26+;;/m1../s1. The second-order valence-electron chi connectivity index (χ2n) is 11.7. The molecule has 0 aliphatic carbocycles. The Kier molecular flexibility index (Phi) is 11.0. The summed E-state index contributed by atoms with van der Waals surface area (Å²) in [5, 5.41) is 7.03. The minimum atomic E-state index is -4.74. The van der Waals surface area contributed by atoms with Gasteiger partial charge in [-0.2, -0.15) is 9.97 Å². The summed E-state index contributed by atoms with van der Waals surface area (Å²) >= 11 is 0. The molecule has 2 aromatic rings. The molecule has 1 aromatic heterocycles. The Hall–Kier alpha value is -3.20. The lowest BCUT2D eigenvalue weighted by atomic mass is 9.98. The number of aromatic nitrogens is 2. The SMILES string of the molecule is COc1nc(NC[C@H]2CCC[C@@H](c3ccc(OC(F)(F)F)cc3)O2)c(C)c(C(=O)N2CCC(N[C@@H]3CCOC[C@@H]3OC)CC2)n1.[HH].[HH]. The Morgan fingerprint density at radius 2 is 1.84 bits per heavy atom. The highest BCUT2D eigenvalue weighted by molar-refractivity contribution is 5.95. The van der Waals surface area contributed by atoms with Gasteiger partial charge in [-0.05, 0) is 63.1 Å². The summed E-state index contributed by atoms with van der Waals surface area (Å²) in [6, 6.07) is 6.41. The van der Waals surface area contributed by atoms with Crippen molar-refractivity contribution in [3.05, 3.63) is 41.1 Å². The lowest BCUT2D eigenvalue weighted by Gasteiger charge is -2.38. The molecule has 3 aliphatic rings. The zero-order chi connectivity index (χ0) is 32.0. The van der Waals surface area contributed by atoms with E-state index < -0.39 is 6.36 Å². The van der Waals surface area contributed by atoms with Crippen molar-refractivity contribution in [2.24, 2.45) is 0 Å². The Bertz CT molecular complexity index is 1290. The fourth-order valence-electron chi connectivity index (χ4n) is 6.19. The number of ether oxygens (including phenoxy) is 5. The second-order valence-corrected chi connectivity index (χ2v) is 11.7. The average molecular weight is 642 g/mol. The smallest absolute Gasteiger partial charge is 0.467 e. The van der Waals surface area contributed by atoms with Gasteiger partial charge in [0.1, 0.15) is 17.3 Å². The van der Waals surface area contributed by atoms with Crippen LogP contribution in [0.15, 0.2) is 24.3 Å². The predicted molar refractivity (Wildman–Crippen MR) is 163 cm³/mol. The molecule has 1 amide bonds. The van der Waals surface area contributed by atoms with Gasteiger partial charge in [-0.3, -0.25) is 4.79 Å². The number of carbonyl (C=O) groups excluding carboxylic acids is 1. The molecule has 1 aromatic carbocycles. The first-order valence-electron chi connectivity index (χ1n) is 15.5. The van der Waals surface area contributed by atoms with Crippen molar-refractivity contribution < 1.29 is 44.5 Å². The largest absolute Gasteiger partial charge is 0.573 e. The van der Waals surface area contributed by atoms with E-state index >= 15 is 0 Å². The molecule has 0 unspecified atom stereocenters. The van der Waals surface area contributed by atoms with E-state index in [2.05, 4.69) is 25.3 Å². The molecule has 3 fully saturated rings. The van der Waals surface area contributed by atoms with E-state index in [1.54, 1.807) is 19.2 Å². The second kappa shape index (κ2) is 14.9. The van der Waals surface area contributed by atoms with E-state index in [0.717, 1.165) is 44.1 Å². The van der Waals surface area contributed by atoms with Gasteiger partial charge >= 0.3 is 12.4 Å². The van der Waals surface area contributed by atoms with E-state index in [1.807, 2.05) is 11.8 Å². The molecular formula is C31H46F3N5O6. The fraction of sp³-hybridized carbons (Fsp3) is 0.645. The highest BCUT2D eigenvalue weighted by atomic mass is 19.4. The number of piperidine rings is 1. The van der Waals surface area contributed by atoms with Crippen molar-refractivity contribution in [3.63, 3.8) is 0 Å². The van der Waals surface area contributed by atoms with Crippen LogP contribution in [0.1, 0.15) is 69.1 Å². The summed E-state index contributed by atoms with van der Waals surface area (Å²) in [5.74, 6) is 0.0590. The number of methoxy groups -OCH3 is 2. The zero-order valence-electron chi connectivity index (χ0n) is 25.9. The molecule has 3 saturated heterocycles. The van der Waals surface area contributed by atoms with Gasteiger partial charge in [-0.1, -0.05) is 12.1 Å². The van der Waals surface area contributed by atoms with Crippen LogP contribution in [0.2, 0.25) is 0 Å². The van der Waals surface area contributed by atoms with Gasteiger partial charge in [0.2, 0.25) is 0 Å². The number of amides is 1. The monoisotopic (exact) mass is 641 g/mol. The van der Waals surface area contributed by atoms with Gasteiger partial charge in [0.15, 0.2) is 0 Å². The van der Waals surface area contributed by atoms with Crippen LogP contribution in [0, 0.1) is 6.92 Å². The lowest BCUT2D eigenvalue weighted by molar-refractivity contribution is -0.274. The molecule has 11 nitrogen and oxygen atoms in total. The third kappa shape index (κ3) is 8.75.